The van der Waals surface area contributed by atoms with Crippen LogP contribution in [0.25, 0.3) is 0 Å². The minimum atomic E-state index is -0.371. The maximum absolute atomic E-state index is 11.4. The maximum atomic E-state index is 11.4. The zero-order valence-corrected chi connectivity index (χ0v) is 10.5. The quantitative estimate of drug-likeness (QED) is 0.347. The number of rotatable bonds is 5. The second-order valence-corrected chi connectivity index (χ2v) is 4.44. The van der Waals surface area contributed by atoms with Crippen molar-refractivity contribution in [2.45, 2.75) is 25.0 Å². The molecule has 2 rings (SSSR count). The fourth-order valence-electron chi connectivity index (χ4n) is 2.08. The van der Waals surface area contributed by atoms with Crippen LogP contribution >= 0.6 is 0 Å². The molecule has 1 aliphatic rings. The predicted octanol–water partition coefficient (Wildman–Crippen LogP) is 1.55. The van der Waals surface area contributed by atoms with Crippen LogP contribution in [-0.4, -0.2) is 31.4 Å². The second-order valence-electron chi connectivity index (χ2n) is 4.44. The number of nitrogens with zero attached hydrogens (tertiary/aromatic N) is 1. The van der Waals surface area contributed by atoms with Gasteiger partial charge in [0.1, 0.15) is 0 Å². The van der Waals surface area contributed by atoms with Crippen LogP contribution in [0.15, 0.2) is 47.5 Å². The molecule has 0 aliphatic carbocycles. The first-order valence-electron chi connectivity index (χ1n) is 6.10. The third kappa shape index (κ3) is 3.47. The molecular weight excluding hydrogens is 241 g/mol. The summed E-state index contributed by atoms with van der Waals surface area (Å²) in [4.78, 5) is 15.5. The van der Waals surface area contributed by atoms with Crippen molar-refractivity contribution in [2.24, 2.45) is 4.99 Å². The van der Waals surface area contributed by atoms with E-state index in [-0.39, 0.29) is 18.1 Å². The third-order valence-corrected chi connectivity index (χ3v) is 3.05. The van der Waals surface area contributed by atoms with Gasteiger partial charge < -0.3 is 0 Å². The van der Waals surface area contributed by atoms with E-state index in [0.29, 0.717) is 25.6 Å². The Kier molecular flexibility index (Phi) is 4.39. The average molecular weight is 255 g/mol. The zero-order chi connectivity index (χ0) is 13.7. The first kappa shape index (κ1) is 13.4. The molecule has 1 aromatic carbocycles. The van der Waals surface area contributed by atoms with Crippen LogP contribution in [0.3, 0.4) is 0 Å². The van der Waals surface area contributed by atoms with Crippen molar-refractivity contribution in [1.29, 1.82) is 0 Å². The van der Waals surface area contributed by atoms with Gasteiger partial charge in [0.25, 0.3) is 0 Å². The van der Waals surface area contributed by atoms with Crippen LogP contribution in [0.4, 0.5) is 0 Å². The van der Waals surface area contributed by atoms with Crippen molar-refractivity contribution in [3.8, 4) is 0 Å². The number of aliphatic imine (C=N–C) groups is 1. The summed E-state index contributed by atoms with van der Waals surface area (Å²) in [5, 5.41) is 0. The fourth-order valence-corrected chi connectivity index (χ4v) is 2.08. The SMILES string of the molecule is C=C1CC(C(Cc2ccccc2)/N=C/B=O)OC1=O. The van der Waals surface area contributed by atoms with Gasteiger partial charge in [-0.05, 0) is 0 Å². The van der Waals surface area contributed by atoms with Crippen molar-refractivity contribution in [3.63, 3.8) is 0 Å². The Hall–Kier alpha value is -2.04. The molecule has 0 saturated carbocycles. The standard InChI is InChI=1S/C14H14BNO3/c1-10-7-13(19-14(10)17)12(16-9-15-18)8-11-5-3-2-4-6-11/h2-6,9,12-13H,1,7-8H2/b16-9+. The second kappa shape index (κ2) is 6.23. The van der Waals surface area contributed by atoms with E-state index in [1.54, 1.807) is 0 Å². The normalized spacial score (nSPS) is 20.3. The molecule has 1 aromatic rings. The summed E-state index contributed by atoms with van der Waals surface area (Å²) >= 11 is 0. The van der Waals surface area contributed by atoms with E-state index in [0.717, 1.165) is 5.56 Å². The Labute approximate surface area is 112 Å². The van der Waals surface area contributed by atoms with Gasteiger partial charge in [-0.1, -0.05) is 0 Å². The fraction of sp³-hybridized carbons (Fsp3) is 0.286. The molecule has 19 heavy (non-hydrogen) atoms. The summed E-state index contributed by atoms with van der Waals surface area (Å²) in [6, 6.07) is 9.52. The van der Waals surface area contributed by atoms with Gasteiger partial charge in [-0.2, -0.15) is 0 Å². The molecule has 4 nitrogen and oxygen atoms in total. The van der Waals surface area contributed by atoms with Gasteiger partial charge in [0.2, 0.25) is 0 Å². The number of hydrogen-bond acceptors (Lipinski definition) is 4. The van der Waals surface area contributed by atoms with E-state index in [1.165, 1.54) is 6.11 Å². The molecule has 0 amide bonds. The van der Waals surface area contributed by atoms with Crippen molar-refractivity contribution >= 4 is 19.2 Å². The van der Waals surface area contributed by atoms with Gasteiger partial charge in [-0.25, -0.2) is 0 Å². The van der Waals surface area contributed by atoms with Crippen LogP contribution in [0.2, 0.25) is 0 Å². The summed E-state index contributed by atoms with van der Waals surface area (Å²) in [5.41, 5.74) is 1.55. The molecular formula is C14H14BNO3. The molecule has 96 valence electrons. The van der Waals surface area contributed by atoms with Crippen LogP contribution in [-0.2, 0) is 20.7 Å². The van der Waals surface area contributed by atoms with Crippen molar-refractivity contribution in [2.75, 3.05) is 0 Å². The summed E-state index contributed by atoms with van der Waals surface area (Å²) in [6.45, 7) is 3.66. The number of hydrogen-bond donors (Lipinski definition) is 0. The molecule has 1 heterocycles. The Morgan fingerprint density at radius 3 is 2.79 bits per heavy atom. The number of benzene rings is 1. The van der Waals surface area contributed by atoms with Gasteiger partial charge in [0.15, 0.2) is 0 Å². The number of esters is 1. The number of cyclic esters (lactones) is 1. The number of ether oxygens (including phenoxy) is 1. The van der Waals surface area contributed by atoms with E-state index in [9.17, 15) is 9.50 Å². The summed E-state index contributed by atoms with van der Waals surface area (Å²) < 4.78 is 15.7. The van der Waals surface area contributed by atoms with E-state index < -0.39 is 0 Å². The molecule has 1 fully saturated rings. The molecule has 0 radical (unpaired) electrons. The molecule has 2 unspecified atom stereocenters. The molecule has 2 atom stereocenters. The zero-order valence-electron chi connectivity index (χ0n) is 10.5. The van der Waals surface area contributed by atoms with Gasteiger partial charge in [0.05, 0.1) is 0 Å². The van der Waals surface area contributed by atoms with Gasteiger partial charge >= 0.3 is 111 Å². The third-order valence-electron chi connectivity index (χ3n) is 3.05. The molecule has 1 aliphatic heterocycles. The first-order valence-corrected chi connectivity index (χ1v) is 6.10. The van der Waals surface area contributed by atoms with E-state index in [2.05, 4.69) is 11.6 Å². The van der Waals surface area contributed by atoms with Gasteiger partial charge in [-0.15, -0.1) is 0 Å². The molecule has 0 N–H and O–H groups in total. The first-order chi connectivity index (χ1) is 9.20. The van der Waals surface area contributed by atoms with Crippen molar-refractivity contribution < 1.29 is 14.2 Å². The van der Waals surface area contributed by atoms with E-state index in [4.69, 9.17) is 4.74 Å². The Morgan fingerprint density at radius 2 is 2.21 bits per heavy atom. The number of carbonyl (C=O) groups is 1. The van der Waals surface area contributed by atoms with Crippen molar-refractivity contribution in [1.82, 2.24) is 0 Å². The van der Waals surface area contributed by atoms with Crippen LogP contribution < -0.4 is 0 Å². The van der Waals surface area contributed by atoms with Crippen LogP contribution in [0.1, 0.15) is 12.0 Å². The van der Waals surface area contributed by atoms with Crippen molar-refractivity contribution in [3.05, 3.63) is 48.0 Å². The Morgan fingerprint density at radius 1 is 1.47 bits per heavy atom. The molecule has 0 bridgehead atoms. The predicted molar refractivity (Wildman–Crippen MR) is 72.5 cm³/mol. The Balaban J connectivity index is 2.12. The summed E-state index contributed by atoms with van der Waals surface area (Å²) in [7, 11) is 0.629. The Bertz CT molecular complexity index is 497. The summed E-state index contributed by atoms with van der Waals surface area (Å²) in [5.74, 6) is -0.371. The van der Waals surface area contributed by atoms with Gasteiger partial charge in [-0.3, -0.25) is 0 Å². The molecule has 1 saturated heterocycles. The van der Waals surface area contributed by atoms with E-state index in [1.807, 2.05) is 30.3 Å². The van der Waals surface area contributed by atoms with Crippen LogP contribution in [0.5, 0.6) is 0 Å². The number of carbonyl (C=O) groups excluding carboxylic acids is 1. The molecule has 0 spiro atoms. The molecule has 5 heteroatoms. The topological polar surface area (TPSA) is 55.7 Å². The summed E-state index contributed by atoms with van der Waals surface area (Å²) in [6.07, 6.45) is 1.96. The van der Waals surface area contributed by atoms with E-state index >= 15 is 0 Å². The molecule has 0 aromatic heterocycles. The minimum absolute atomic E-state index is 0.254. The van der Waals surface area contributed by atoms with Gasteiger partial charge in [0, 0.05) is 0 Å². The average Bonchev–Trinajstić information content (AvgIpc) is 2.76. The monoisotopic (exact) mass is 255 g/mol. The van der Waals surface area contributed by atoms with Crippen LogP contribution in [0, 0.1) is 0 Å².